The minimum Gasteiger partial charge on any atom is -0.497 e. The lowest BCUT2D eigenvalue weighted by molar-refractivity contribution is -0.127. The Labute approximate surface area is 130 Å². The van der Waals surface area contributed by atoms with Crippen LogP contribution in [0.3, 0.4) is 0 Å². The zero-order valence-corrected chi connectivity index (χ0v) is 13.3. The number of methoxy groups -OCH3 is 1. The number of nitrogens with zero attached hydrogens (tertiary/aromatic N) is 1. The van der Waals surface area contributed by atoms with Crippen molar-refractivity contribution in [3.05, 3.63) is 23.8 Å². The van der Waals surface area contributed by atoms with Crippen LogP contribution in [0.2, 0.25) is 0 Å². The van der Waals surface area contributed by atoms with Crippen molar-refractivity contribution < 1.29 is 19.4 Å². The molecular weight excluding hydrogens is 282 g/mol. The van der Waals surface area contributed by atoms with Gasteiger partial charge in [0.05, 0.1) is 13.2 Å². The van der Waals surface area contributed by atoms with Gasteiger partial charge in [0.15, 0.2) is 0 Å². The molecule has 0 aromatic heterocycles. The molecule has 0 radical (unpaired) electrons. The Morgan fingerprint density at radius 3 is 2.64 bits per heavy atom. The second kappa shape index (κ2) is 5.56. The van der Waals surface area contributed by atoms with Gasteiger partial charge in [0.25, 0.3) is 0 Å². The highest BCUT2D eigenvalue weighted by Gasteiger charge is 2.47. The lowest BCUT2D eigenvalue weighted by Gasteiger charge is -2.49. The first-order chi connectivity index (χ1) is 10.4. The Kier molecular flexibility index (Phi) is 3.87. The Morgan fingerprint density at radius 2 is 2.00 bits per heavy atom. The molecule has 1 aromatic carbocycles. The molecule has 0 spiro atoms. The molecule has 0 bridgehead atoms. The number of aliphatic hydroxyl groups is 1. The average Bonchev–Trinajstić information content (AvgIpc) is 2.47. The maximum absolute atomic E-state index is 11.5. The molecular formula is C17H23NO4. The fourth-order valence-corrected chi connectivity index (χ4v) is 3.56. The number of likely N-dealkylation sites (tertiary alicyclic amines) is 1. The topological polar surface area (TPSA) is 59.0 Å². The van der Waals surface area contributed by atoms with Crippen molar-refractivity contribution in [1.82, 2.24) is 4.90 Å². The fraction of sp³-hybridized carbons (Fsp3) is 0.588. The molecule has 2 heterocycles. The van der Waals surface area contributed by atoms with E-state index >= 15 is 0 Å². The van der Waals surface area contributed by atoms with Crippen LogP contribution in [-0.4, -0.2) is 47.6 Å². The van der Waals surface area contributed by atoms with Crippen LogP contribution in [0.1, 0.15) is 38.4 Å². The number of carbonyl (C=O) groups is 1. The van der Waals surface area contributed by atoms with Crippen molar-refractivity contribution in [2.24, 2.45) is 0 Å². The van der Waals surface area contributed by atoms with Gasteiger partial charge in [-0.15, -0.1) is 0 Å². The predicted octanol–water partition coefficient (Wildman–Crippen LogP) is 1.93. The largest absolute Gasteiger partial charge is 0.497 e. The van der Waals surface area contributed by atoms with Crippen LogP contribution in [0.25, 0.3) is 0 Å². The molecule has 0 saturated carbocycles. The normalized spacial score (nSPS) is 27.9. The molecule has 3 rings (SSSR count). The van der Waals surface area contributed by atoms with E-state index in [0.29, 0.717) is 43.2 Å². The maximum atomic E-state index is 11.5. The Bertz CT molecular complexity index is 574. The Hall–Kier alpha value is -1.59. The number of carbonyl (C=O) groups excluding carboxylic acids is 1. The van der Waals surface area contributed by atoms with E-state index in [0.717, 1.165) is 5.56 Å². The second-order valence-electron chi connectivity index (χ2n) is 6.57. The third-order valence-electron chi connectivity index (χ3n) is 4.67. The first-order valence-corrected chi connectivity index (χ1v) is 7.73. The summed E-state index contributed by atoms with van der Waals surface area (Å²) in [5.74, 6) is 1.68. The molecule has 0 amide bonds. The van der Waals surface area contributed by atoms with Gasteiger partial charge in [0.1, 0.15) is 29.0 Å². The number of hydrogen-bond donors (Lipinski definition) is 1. The van der Waals surface area contributed by atoms with Gasteiger partial charge in [-0.05, 0) is 26.0 Å². The smallest absolute Gasteiger partial charge is 0.135 e. The van der Waals surface area contributed by atoms with Crippen LogP contribution in [0, 0.1) is 0 Å². The number of Topliss-reactive ketones (excluding diaryl/α,β-unsaturated/α-hetero) is 1. The average molecular weight is 305 g/mol. The first-order valence-electron chi connectivity index (χ1n) is 7.73. The van der Waals surface area contributed by atoms with Gasteiger partial charge in [0, 0.05) is 37.6 Å². The summed E-state index contributed by atoms with van der Waals surface area (Å²) in [5, 5.41) is 10.9. The Balaban J connectivity index is 1.92. The summed E-state index contributed by atoms with van der Waals surface area (Å²) in [6.45, 7) is 5.33. The highest BCUT2D eigenvalue weighted by atomic mass is 16.5. The fourth-order valence-electron chi connectivity index (χ4n) is 3.56. The number of aliphatic hydroxyl groups excluding tert-OH is 1. The third kappa shape index (κ3) is 2.59. The van der Waals surface area contributed by atoms with Crippen LogP contribution in [0.15, 0.2) is 18.2 Å². The number of fused-ring (bicyclic) bond motifs is 1. The van der Waals surface area contributed by atoms with Gasteiger partial charge in [-0.3, -0.25) is 9.69 Å². The van der Waals surface area contributed by atoms with Gasteiger partial charge in [0.2, 0.25) is 0 Å². The van der Waals surface area contributed by atoms with E-state index in [4.69, 9.17) is 9.47 Å². The molecule has 2 aliphatic rings. The summed E-state index contributed by atoms with van der Waals surface area (Å²) in [6.07, 6.45) is 0.460. The highest BCUT2D eigenvalue weighted by Crippen LogP contribution is 2.43. The van der Waals surface area contributed by atoms with Crippen molar-refractivity contribution in [3.8, 4) is 11.5 Å². The number of rotatable bonds is 2. The highest BCUT2D eigenvalue weighted by molar-refractivity contribution is 5.79. The zero-order valence-electron chi connectivity index (χ0n) is 13.3. The summed E-state index contributed by atoms with van der Waals surface area (Å²) >= 11 is 0. The second-order valence-corrected chi connectivity index (χ2v) is 6.57. The Morgan fingerprint density at radius 1 is 1.32 bits per heavy atom. The standard InChI is InChI=1S/C17H23NO4/c1-17(2)16(18-8-6-11(19)7-9-18)15(20)13-5-4-12(21-3)10-14(13)22-17/h4-5,10,15-16,20H,6-9H2,1-3H3. The molecule has 5 nitrogen and oxygen atoms in total. The molecule has 2 aliphatic heterocycles. The van der Waals surface area contributed by atoms with Gasteiger partial charge >= 0.3 is 0 Å². The molecule has 5 heteroatoms. The molecule has 2 atom stereocenters. The number of benzene rings is 1. The molecule has 2 unspecified atom stereocenters. The summed E-state index contributed by atoms with van der Waals surface area (Å²) in [4.78, 5) is 13.6. The van der Waals surface area contributed by atoms with Crippen LogP contribution in [-0.2, 0) is 4.79 Å². The molecule has 120 valence electrons. The van der Waals surface area contributed by atoms with Crippen molar-refractivity contribution in [1.29, 1.82) is 0 Å². The number of ketones is 1. The number of hydrogen-bond acceptors (Lipinski definition) is 5. The van der Waals surface area contributed by atoms with E-state index in [2.05, 4.69) is 4.90 Å². The molecule has 0 aliphatic carbocycles. The first kappa shape index (κ1) is 15.3. The number of ether oxygens (including phenoxy) is 2. The molecule has 1 saturated heterocycles. The van der Waals surface area contributed by atoms with Gasteiger partial charge < -0.3 is 14.6 Å². The van der Waals surface area contributed by atoms with Crippen molar-refractivity contribution in [2.45, 2.75) is 44.4 Å². The van der Waals surface area contributed by atoms with Crippen LogP contribution < -0.4 is 9.47 Å². The minimum absolute atomic E-state index is 0.165. The number of piperidine rings is 1. The van der Waals surface area contributed by atoms with E-state index in [1.165, 1.54) is 0 Å². The molecule has 1 fully saturated rings. The summed E-state index contributed by atoms with van der Waals surface area (Å²) in [6, 6.07) is 5.34. The van der Waals surface area contributed by atoms with Crippen molar-refractivity contribution in [3.63, 3.8) is 0 Å². The van der Waals surface area contributed by atoms with Crippen LogP contribution in [0.4, 0.5) is 0 Å². The third-order valence-corrected chi connectivity index (χ3v) is 4.67. The minimum atomic E-state index is -0.641. The van der Waals surface area contributed by atoms with Crippen molar-refractivity contribution in [2.75, 3.05) is 20.2 Å². The summed E-state index contributed by atoms with van der Waals surface area (Å²) in [7, 11) is 1.61. The van der Waals surface area contributed by atoms with Gasteiger partial charge in [-0.25, -0.2) is 0 Å². The lowest BCUT2D eigenvalue weighted by Crippen LogP contribution is -2.59. The zero-order chi connectivity index (χ0) is 15.9. The van der Waals surface area contributed by atoms with E-state index in [9.17, 15) is 9.90 Å². The van der Waals surface area contributed by atoms with Crippen molar-refractivity contribution >= 4 is 5.78 Å². The summed E-state index contributed by atoms with van der Waals surface area (Å²) in [5.41, 5.74) is 0.237. The molecule has 1 N–H and O–H groups in total. The molecule has 22 heavy (non-hydrogen) atoms. The predicted molar refractivity (Wildman–Crippen MR) is 82.3 cm³/mol. The van der Waals surface area contributed by atoms with Crippen LogP contribution in [0.5, 0.6) is 11.5 Å². The lowest BCUT2D eigenvalue weighted by atomic mass is 9.84. The SMILES string of the molecule is COc1ccc2c(c1)OC(C)(C)C(N1CCC(=O)CC1)C2O. The van der Waals surface area contributed by atoms with Crippen LogP contribution >= 0.6 is 0 Å². The van der Waals surface area contributed by atoms with Gasteiger partial charge in [-0.2, -0.15) is 0 Å². The maximum Gasteiger partial charge on any atom is 0.135 e. The quantitative estimate of drug-likeness (QED) is 0.905. The van der Waals surface area contributed by atoms with E-state index in [1.54, 1.807) is 7.11 Å². The van der Waals surface area contributed by atoms with E-state index in [-0.39, 0.29) is 6.04 Å². The summed E-state index contributed by atoms with van der Waals surface area (Å²) < 4.78 is 11.4. The molecule has 1 aromatic rings. The monoisotopic (exact) mass is 305 g/mol. The van der Waals surface area contributed by atoms with E-state index < -0.39 is 11.7 Å². The van der Waals surface area contributed by atoms with Gasteiger partial charge in [-0.1, -0.05) is 0 Å². The van der Waals surface area contributed by atoms with E-state index in [1.807, 2.05) is 32.0 Å².